The molecule has 4 rings (SSSR count). The van der Waals surface area contributed by atoms with E-state index in [1.54, 1.807) is 25.2 Å². The van der Waals surface area contributed by atoms with Crippen molar-refractivity contribution in [3.8, 4) is 5.75 Å². The fourth-order valence-electron chi connectivity index (χ4n) is 4.09. The molecule has 0 spiro atoms. The second-order valence-corrected chi connectivity index (χ2v) is 6.82. The summed E-state index contributed by atoms with van der Waals surface area (Å²) in [5, 5.41) is 13.2. The summed E-state index contributed by atoms with van der Waals surface area (Å²) >= 11 is 0. The van der Waals surface area contributed by atoms with Gasteiger partial charge in [-0.15, -0.1) is 0 Å². The molecule has 1 aromatic heterocycles. The van der Waals surface area contributed by atoms with Gasteiger partial charge in [-0.1, -0.05) is 12.1 Å². The molecule has 132 valence electrons. The number of rotatable bonds is 1. The molecule has 4 atom stereocenters. The Bertz CT molecular complexity index is 964. The highest BCUT2D eigenvalue weighted by molar-refractivity contribution is 5.55. The van der Waals surface area contributed by atoms with Crippen molar-refractivity contribution in [2.24, 2.45) is 20.0 Å². The Hall–Kier alpha value is -2.58. The zero-order valence-electron chi connectivity index (χ0n) is 14.3. The van der Waals surface area contributed by atoms with E-state index in [-0.39, 0.29) is 41.0 Å². The fraction of sp³-hybridized carbons (Fsp3) is 0.412. The molecule has 0 saturated carbocycles. The van der Waals surface area contributed by atoms with E-state index in [2.05, 4.69) is 16.2 Å². The number of aromatic hydroxyl groups is 1. The lowest BCUT2D eigenvalue weighted by Gasteiger charge is -2.38. The summed E-state index contributed by atoms with van der Waals surface area (Å²) in [6.07, 6.45) is -0.132. The molecular weight excluding hydrogens is 322 g/mol. The molecule has 4 unspecified atom stereocenters. The van der Waals surface area contributed by atoms with Gasteiger partial charge in [-0.3, -0.25) is 19.4 Å². The summed E-state index contributed by atoms with van der Waals surface area (Å²) < 4.78 is 2.60. The van der Waals surface area contributed by atoms with Crippen LogP contribution in [-0.2, 0) is 14.1 Å². The number of nitrogens with one attached hydrogen (secondary N) is 3. The van der Waals surface area contributed by atoms with E-state index in [1.165, 1.54) is 11.6 Å². The maximum absolute atomic E-state index is 13.0. The minimum absolute atomic E-state index is 0.0412. The summed E-state index contributed by atoms with van der Waals surface area (Å²) in [6.45, 7) is 2.05. The number of hydrogen-bond donors (Lipinski definition) is 4. The van der Waals surface area contributed by atoms with Crippen molar-refractivity contribution in [1.29, 1.82) is 0 Å². The predicted octanol–water partition coefficient (Wildman–Crippen LogP) is -0.214. The van der Waals surface area contributed by atoms with Gasteiger partial charge in [-0.2, -0.15) is 0 Å². The number of hydrazine groups is 1. The fourth-order valence-corrected chi connectivity index (χ4v) is 4.09. The largest absolute Gasteiger partial charge is 0.508 e. The van der Waals surface area contributed by atoms with Gasteiger partial charge >= 0.3 is 5.69 Å². The van der Waals surface area contributed by atoms with Crippen molar-refractivity contribution in [3.63, 3.8) is 0 Å². The average molecular weight is 343 g/mol. The van der Waals surface area contributed by atoms with Crippen LogP contribution in [0.3, 0.4) is 0 Å². The second kappa shape index (κ2) is 5.47. The first-order valence-corrected chi connectivity index (χ1v) is 8.26. The summed E-state index contributed by atoms with van der Waals surface area (Å²) in [5.41, 5.74) is 7.13. The number of phenols is 1. The molecule has 1 saturated heterocycles. The summed E-state index contributed by atoms with van der Waals surface area (Å²) in [5.74, 6) is 0.462. The SMILES string of the molecule is CC1NNC2Nc3c(c(=O)n(C)c(=O)n3C)C(c3cccc(O)c3)C12. The van der Waals surface area contributed by atoms with Gasteiger partial charge in [0.1, 0.15) is 11.6 Å². The van der Waals surface area contributed by atoms with E-state index in [0.29, 0.717) is 11.4 Å². The Morgan fingerprint density at radius 3 is 2.60 bits per heavy atom. The number of aromatic nitrogens is 2. The number of anilines is 1. The van der Waals surface area contributed by atoms with Crippen LogP contribution in [0.1, 0.15) is 24.0 Å². The molecule has 25 heavy (non-hydrogen) atoms. The molecule has 8 nitrogen and oxygen atoms in total. The Morgan fingerprint density at radius 2 is 1.88 bits per heavy atom. The highest BCUT2D eigenvalue weighted by Crippen LogP contribution is 2.43. The lowest BCUT2D eigenvalue weighted by atomic mass is 9.75. The quantitative estimate of drug-likeness (QED) is 0.572. The number of fused-ring (bicyclic) bond motifs is 2. The number of benzene rings is 1. The van der Waals surface area contributed by atoms with Crippen LogP contribution in [0.2, 0.25) is 0 Å². The third-order valence-electron chi connectivity index (χ3n) is 5.35. The number of phenolic OH excluding ortho intramolecular Hbond substituents is 1. The lowest BCUT2D eigenvalue weighted by Crippen LogP contribution is -2.50. The highest BCUT2D eigenvalue weighted by Gasteiger charge is 2.46. The van der Waals surface area contributed by atoms with Gasteiger partial charge in [-0.25, -0.2) is 10.2 Å². The van der Waals surface area contributed by atoms with Crippen LogP contribution >= 0.6 is 0 Å². The molecule has 0 aliphatic carbocycles. The van der Waals surface area contributed by atoms with Crippen molar-refractivity contribution in [2.75, 3.05) is 5.32 Å². The van der Waals surface area contributed by atoms with Crippen LogP contribution in [0.15, 0.2) is 33.9 Å². The molecule has 0 radical (unpaired) electrons. The first kappa shape index (κ1) is 15.9. The molecule has 1 fully saturated rings. The third-order valence-corrected chi connectivity index (χ3v) is 5.35. The van der Waals surface area contributed by atoms with Crippen LogP contribution in [-0.4, -0.2) is 26.4 Å². The monoisotopic (exact) mass is 343 g/mol. The van der Waals surface area contributed by atoms with E-state index in [1.807, 2.05) is 13.0 Å². The van der Waals surface area contributed by atoms with Crippen molar-refractivity contribution in [1.82, 2.24) is 20.0 Å². The van der Waals surface area contributed by atoms with Crippen LogP contribution in [0.4, 0.5) is 5.82 Å². The Labute approximate surface area is 144 Å². The average Bonchev–Trinajstić information content (AvgIpc) is 2.97. The predicted molar refractivity (Wildman–Crippen MR) is 93.5 cm³/mol. The molecule has 8 heteroatoms. The van der Waals surface area contributed by atoms with Gasteiger partial charge in [0.15, 0.2) is 0 Å². The minimum atomic E-state index is -0.372. The maximum Gasteiger partial charge on any atom is 0.332 e. The normalized spacial score (nSPS) is 27.5. The number of nitrogens with zero attached hydrogens (tertiary/aromatic N) is 2. The molecule has 4 N–H and O–H groups in total. The standard InChI is InChI=1S/C17H21N5O3/c1-8-11-12(9-5-4-6-10(23)7-9)13-15(18-14(11)20-19-8)21(2)17(25)22(3)16(13)24/h4-8,11-12,14,18-20,23H,1-3H3. The van der Waals surface area contributed by atoms with E-state index in [0.717, 1.165) is 10.1 Å². The summed E-state index contributed by atoms with van der Waals surface area (Å²) in [6, 6.07) is 7.07. The van der Waals surface area contributed by atoms with Crippen molar-refractivity contribution >= 4 is 5.82 Å². The van der Waals surface area contributed by atoms with E-state index < -0.39 is 0 Å². The Balaban J connectivity index is 2.04. The first-order chi connectivity index (χ1) is 11.9. The Kier molecular flexibility index (Phi) is 3.48. The van der Waals surface area contributed by atoms with Crippen molar-refractivity contribution < 1.29 is 5.11 Å². The zero-order valence-corrected chi connectivity index (χ0v) is 14.3. The summed E-state index contributed by atoms with van der Waals surface area (Å²) in [7, 11) is 3.14. The smallest absolute Gasteiger partial charge is 0.332 e. The molecule has 3 heterocycles. The molecule has 2 aromatic rings. The van der Waals surface area contributed by atoms with Gasteiger partial charge in [0.05, 0.1) is 11.7 Å². The van der Waals surface area contributed by atoms with Gasteiger partial charge in [0.25, 0.3) is 5.56 Å². The Morgan fingerprint density at radius 1 is 1.12 bits per heavy atom. The van der Waals surface area contributed by atoms with Gasteiger partial charge in [0, 0.05) is 32.0 Å². The third kappa shape index (κ3) is 2.21. The van der Waals surface area contributed by atoms with E-state index >= 15 is 0 Å². The van der Waals surface area contributed by atoms with Crippen LogP contribution in [0, 0.1) is 5.92 Å². The van der Waals surface area contributed by atoms with Crippen molar-refractivity contribution in [3.05, 3.63) is 56.2 Å². The number of hydrogen-bond acceptors (Lipinski definition) is 6. The molecule has 0 amide bonds. The zero-order chi connectivity index (χ0) is 17.9. The topological polar surface area (TPSA) is 100 Å². The minimum Gasteiger partial charge on any atom is -0.508 e. The van der Waals surface area contributed by atoms with Crippen molar-refractivity contribution in [2.45, 2.75) is 25.0 Å². The molecule has 0 bridgehead atoms. The second-order valence-electron chi connectivity index (χ2n) is 6.82. The molecule has 2 aliphatic rings. The van der Waals surface area contributed by atoms with E-state index in [9.17, 15) is 14.7 Å². The van der Waals surface area contributed by atoms with Gasteiger partial charge < -0.3 is 10.4 Å². The maximum atomic E-state index is 13.0. The van der Waals surface area contributed by atoms with Crippen LogP contribution in [0.25, 0.3) is 0 Å². The molecule has 2 aliphatic heterocycles. The highest BCUT2D eigenvalue weighted by atomic mass is 16.3. The van der Waals surface area contributed by atoms with E-state index in [4.69, 9.17) is 0 Å². The lowest BCUT2D eigenvalue weighted by molar-refractivity contribution is 0.379. The van der Waals surface area contributed by atoms with Gasteiger partial charge in [-0.05, 0) is 24.6 Å². The molecular formula is C17H21N5O3. The molecule has 1 aromatic carbocycles. The van der Waals surface area contributed by atoms with Gasteiger partial charge in [0.2, 0.25) is 0 Å². The summed E-state index contributed by atoms with van der Waals surface area (Å²) in [4.78, 5) is 25.3. The van der Waals surface area contributed by atoms with Crippen LogP contribution in [0.5, 0.6) is 5.75 Å². The first-order valence-electron chi connectivity index (χ1n) is 8.26. The van der Waals surface area contributed by atoms with Crippen LogP contribution < -0.4 is 27.4 Å².